The highest BCUT2D eigenvalue weighted by Crippen LogP contribution is 2.30. The molecule has 0 bridgehead atoms. The van der Waals surface area contributed by atoms with E-state index in [1.165, 1.54) is 12.8 Å². The first-order chi connectivity index (χ1) is 7.61. The Bertz CT molecular complexity index is 413. The zero-order chi connectivity index (χ0) is 11.7. The van der Waals surface area contributed by atoms with Gasteiger partial charge in [-0.2, -0.15) is 0 Å². The summed E-state index contributed by atoms with van der Waals surface area (Å²) >= 11 is 0. The summed E-state index contributed by atoms with van der Waals surface area (Å²) in [6, 6.07) is 3.82. The summed E-state index contributed by atoms with van der Waals surface area (Å²) in [5.41, 5.74) is 1.08. The SMILES string of the molecule is CCN(c1cc(C(=O)O)cc(C)n1)C1CC1. The summed E-state index contributed by atoms with van der Waals surface area (Å²) in [6.07, 6.45) is 2.37. The normalized spacial score (nSPS) is 14.9. The lowest BCUT2D eigenvalue weighted by molar-refractivity contribution is 0.0696. The summed E-state index contributed by atoms with van der Waals surface area (Å²) < 4.78 is 0. The van der Waals surface area contributed by atoms with E-state index >= 15 is 0 Å². The van der Waals surface area contributed by atoms with Crippen molar-refractivity contribution in [2.24, 2.45) is 0 Å². The van der Waals surface area contributed by atoms with E-state index in [9.17, 15) is 4.79 Å². The second kappa shape index (κ2) is 4.12. The first-order valence-electron chi connectivity index (χ1n) is 5.60. The van der Waals surface area contributed by atoms with Gasteiger partial charge in [0.05, 0.1) is 5.56 Å². The number of pyridine rings is 1. The Kier molecular flexibility index (Phi) is 2.81. The lowest BCUT2D eigenvalue weighted by atomic mass is 10.2. The number of rotatable bonds is 4. The van der Waals surface area contributed by atoms with Gasteiger partial charge >= 0.3 is 5.97 Å². The quantitative estimate of drug-likeness (QED) is 0.844. The Morgan fingerprint density at radius 2 is 2.25 bits per heavy atom. The largest absolute Gasteiger partial charge is 0.478 e. The van der Waals surface area contributed by atoms with Crippen molar-refractivity contribution in [1.29, 1.82) is 0 Å². The molecule has 2 rings (SSSR count). The van der Waals surface area contributed by atoms with E-state index < -0.39 is 5.97 Å². The molecule has 1 aliphatic rings. The van der Waals surface area contributed by atoms with Gasteiger partial charge in [-0.25, -0.2) is 9.78 Å². The Morgan fingerprint density at radius 3 is 2.75 bits per heavy atom. The third-order valence-corrected chi connectivity index (χ3v) is 2.81. The molecule has 0 amide bonds. The van der Waals surface area contributed by atoms with Gasteiger partial charge < -0.3 is 10.0 Å². The fourth-order valence-corrected chi connectivity index (χ4v) is 1.92. The number of hydrogen-bond acceptors (Lipinski definition) is 3. The second-order valence-electron chi connectivity index (χ2n) is 4.18. The molecule has 0 aliphatic heterocycles. The zero-order valence-electron chi connectivity index (χ0n) is 9.60. The molecule has 1 N–H and O–H groups in total. The van der Waals surface area contributed by atoms with Crippen LogP contribution in [0.5, 0.6) is 0 Å². The van der Waals surface area contributed by atoms with Crippen molar-refractivity contribution in [3.8, 4) is 0 Å². The molecule has 0 unspecified atom stereocenters. The maximum atomic E-state index is 11.0. The molecule has 1 aromatic rings. The number of aromatic carboxylic acids is 1. The molecule has 4 heteroatoms. The molecule has 16 heavy (non-hydrogen) atoms. The molecule has 1 saturated carbocycles. The average Bonchev–Trinajstić information content (AvgIpc) is 3.02. The predicted octanol–water partition coefficient (Wildman–Crippen LogP) is 2.08. The van der Waals surface area contributed by atoms with Crippen molar-refractivity contribution in [3.63, 3.8) is 0 Å². The topological polar surface area (TPSA) is 53.4 Å². The van der Waals surface area contributed by atoms with Gasteiger partial charge in [0.15, 0.2) is 0 Å². The van der Waals surface area contributed by atoms with E-state index in [0.717, 1.165) is 18.1 Å². The van der Waals surface area contributed by atoms with Gasteiger partial charge in [-0.1, -0.05) is 0 Å². The minimum atomic E-state index is -0.890. The fourth-order valence-electron chi connectivity index (χ4n) is 1.92. The van der Waals surface area contributed by atoms with Crippen LogP contribution in [0.25, 0.3) is 0 Å². The lowest BCUT2D eigenvalue weighted by Gasteiger charge is -2.22. The molecule has 1 aromatic heterocycles. The number of nitrogens with zero attached hydrogens (tertiary/aromatic N) is 2. The van der Waals surface area contributed by atoms with Crippen LogP contribution in [-0.2, 0) is 0 Å². The van der Waals surface area contributed by atoms with Gasteiger partial charge in [0, 0.05) is 18.3 Å². The fraction of sp³-hybridized carbons (Fsp3) is 0.500. The van der Waals surface area contributed by atoms with Crippen LogP contribution in [0.2, 0.25) is 0 Å². The van der Waals surface area contributed by atoms with Crippen LogP contribution >= 0.6 is 0 Å². The number of hydrogen-bond donors (Lipinski definition) is 1. The van der Waals surface area contributed by atoms with E-state index in [-0.39, 0.29) is 0 Å². The van der Waals surface area contributed by atoms with Crippen LogP contribution in [0.1, 0.15) is 35.8 Å². The highest BCUT2D eigenvalue weighted by molar-refractivity contribution is 5.88. The van der Waals surface area contributed by atoms with Gasteiger partial charge in [0.25, 0.3) is 0 Å². The minimum absolute atomic E-state index is 0.321. The van der Waals surface area contributed by atoms with Crippen molar-refractivity contribution in [1.82, 2.24) is 4.98 Å². The number of aromatic nitrogens is 1. The molecule has 86 valence electrons. The number of carboxylic acid groups (broad SMARTS) is 1. The zero-order valence-corrected chi connectivity index (χ0v) is 9.60. The first-order valence-corrected chi connectivity index (χ1v) is 5.60. The highest BCUT2D eigenvalue weighted by atomic mass is 16.4. The van der Waals surface area contributed by atoms with Crippen LogP contribution in [0.4, 0.5) is 5.82 Å². The smallest absolute Gasteiger partial charge is 0.335 e. The summed E-state index contributed by atoms with van der Waals surface area (Å²) in [6.45, 7) is 4.78. The monoisotopic (exact) mass is 220 g/mol. The first kappa shape index (κ1) is 10.9. The Labute approximate surface area is 94.9 Å². The van der Waals surface area contributed by atoms with E-state index in [4.69, 9.17) is 5.11 Å². The number of carbonyl (C=O) groups is 1. The molecule has 0 radical (unpaired) electrons. The van der Waals surface area contributed by atoms with Crippen LogP contribution in [-0.4, -0.2) is 28.6 Å². The van der Waals surface area contributed by atoms with Crippen molar-refractivity contribution in [2.45, 2.75) is 32.7 Å². The van der Waals surface area contributed by atoms with Crippen LogP contribution < -0.4 is 4.90 Å². The molecule has 1 aliphatic carbocycles. The molecule has 1 fully saturated rings. The lowest BCUT2D eigenvalue weighted by Crippen LogP contribution is -2.26. The maximum Gasteiger partial charge on any atom is 0.335 e. The average molecular weight is 220 g/mol. The Morgan fingerprint density at radius 1 is 1.56 bits per heavy atom. The third kappa shape index (κ3) is 2.15. The molecular formula is C12H16N2O2. The van der Waals surface area contributed by atoms with Crippen LogP contribution in [0.15, 0.2) is 12.1 Å². The summed E-state index contributed by atoms with van der Waals surface area (Å²) in [5, 5.41) is 9.00. The highest BCUT2D eigenvalue weighted by Gasteiger charge is 2.29. The van der Waals surface area contributed by atoms with Crippen LogP contribution in [0, 0.1) is 6.92 Å². The van der Waals surface area contributed by atoms with E-state index in [1.54, 1.807) is 12.1 Å². The Balaban J connectivity index is 2.35. The van der Waals surface area contributed by atoms with Gasteiger partial charge in [-0.05, 0) is 38.8 Å². The van der Waals surface area contributed by atoms with Gasteiger partial charge in [0.2, 0.25) is 0 Å². The Hall–Kier alpha value is -1.58. The van der Waals surface area contributed by atoms with Crippen LogP contribution in [0.3, 0.4) is 0 Å². The summed E-state index contributed by atoms with van der Waals surface area (Å²) in [4.78, 5) is 17.5. The number of carboxylic acids is 1. The van der Waals surface area contributed by atoms with Gasteiger partial charge in [0.1, 0.15) is 5.82 Å². The third-order valence-electron chi connectivity index (χ3n) is 2.81. The summed E-state index contributed by atoms with van der Waals surface area (Å²) in [7, 11) is 0. The van der Waals surface area contributed by atoms with E-state index in [0.29, 0.717) is 11.6 Å². The maximum absolute atomic E-state index is 11.0. The number of anilines is 1. The second-order valence-corrected chi connectivity index (χ2v) is 4.18. The molecular weight excluding hydrogens is 204 g/mol. The molecule has 0 aromatic carbocycles. The van der Waals surface area contributed by atoms with Crippen molar-refractivity contribution in [3.05, 3.63) is 23.4 Å². The molecule has 0 spiro atoms. The van der Waals surface area contributed by atoms with E-state index in [1.807, 2.05) is 6.92 Å². The van der Waals surface area contributed by atoms with Crippen molar-refractivity contribution >= 4 is 11.8 Å². The number of aryl methyl sites for hydroxylation is 1. The van der Waals surface area contributed by atoms with E-state index in [2.05, 4.69) is 16.8 Å². The molecule has 4 nitrogen and oxygen atoms in total. The van der Waals surface area contributed by atoms with Gasteiger partial charge in [-0.3, -0.25) is 0 Å². The molecule has 0 atom stereocenters. The van der Waals surface area contributed by atoms with Gasteiger partial charge in [-0.15, -0.1) is 0 Å². The standard InChI is InChI=1S/C12H16N2O2/c1-3-14(10-4-5-10)11-7-9(12(15)16)6-8(2)13-11/h6-7,10H,3-5H2,1-2H3,(H,15,16). The minimum Gasteiger partial charge on any atom is -0.478 e. The molecule has 0 saturated heterocycles. The molecule has 1 heterocycles. The summed E-state index contributed by atoms with van der Waals surface area (Å²) in [5.74, 6) is -0.0963. The predicted molar refractivity (Wildman–Crippen MR) is 62.0 cm³/mol. The van der Waals surface area contributed by atoms with Crippen molar-refractivity contribution in [2.75, 3.05) is 11.4 Å². The van der Waals surface area contributed by atoms with Crippen molar-refractivity contribution < 1.29 is 9.90 Å².